The Kier molecular flexibility index (Phi) is 3.28. The van der Waals surface area contributed by atoms with Gasteiger partial charge >= 0.3 is 5.97 Å². The number of ether oxygens (including phenoxy) is 1. The van der Waals surface area contributed by atoms with Crippen LogP contribution in [-0.2, 0) is 16.1 Å². The molecule has 1 aromatic rings. The van der Waals surface area contributed by atoms with Gasteiger partial charge in [-0.3, -0.25) is 4.79 Å². The van der Waals surface area contributed by atoms with Crippen molar-refractivity contribution in [1.29, 1.82) is 0 Å². The Morgan fingerprint density at radius 2 is 2.21 bits per heavy atom. The summed E-state index contributed by atoms with van der Waals surface area (Å²) in [4.78, 5) is 15.4. The molecule has 0 unspecified atom stereocenters. The fourth-order valence-electron chi connectivity index (χ4n) is 1.14. The number of esters is 1. The van der Waals surface area contributed by atoms with Crippen molar-refractivity contribution < 1.29 is 9.53 Å². The van der Waals surface area contributed by atoms with Crippen molar-refractivity contribution in [3.8, 4) is 0 Å². The van der Waals surface area contributed by atoms with Gasteiger partial charge in [-0.05, 0) is 27.7 Å². The van der Waals surface area contributed by atoms with E-state index in [-0.39, 0.29) is 18.6 Å². The summed E-state index contributed by atoms with van der Waals surface area (Å²) in [5.74, 6) is -0.222. The number of nitrogens with zero attached hydrogens (tertiary/aromatic N) is 2. The van der Waals surface area contributed by atoms with Gasteiger partial charge in [-0.25, -0.2) is 4.98 Å². The first-order valence-electron chi connectivity index (χ1n) is 4.68. The first kappa shape index (κ1) is 10.8. The molecule has 0 amide bonds. The van der Waals surface area contributed by atoms with Gasteiger partial charge in [-0.1, -0.05) is 0 Å². The summed E-state index contributed by atoms with van der Waals surface area (Å²) in [7, 11) is 0. The molecule has 1 rings (SSSR count). The number of hydrogen-bond donors (Lipinski definition) is 0. The molecular formula is C10H16N2O2. The molecular weight excluding hydrogens is 180 g/mol. The highest BCUT2D eigenvalue weighted by atomic mass is 16.5. The monoisotopic (exact) mass is 196 g/mol. The summed E-state index contributed by atoms with van der Waals surface area (Å²) in [6.45, 7) is 7.77. The summed E-state index contributed by atoms with van der Waals surface area (Å²) in [5, 5.41) is 0. The van der Waals surface area contributed by atoms with E-state index in [1.165, 1.54) is 0 Å². The molecule has 4 heteroatoms. The van der Waals surface area contributed by atoms with Gasteiger partial charge in [0.05, 0.1) is 18.1 Å². The highest BCUT2D eigenvalue weighted by Gasteiger charge is 2.09. The van der Waals surface area contributed by atoms with Crippen LogP contribution < -0.4 is 0 Å². The molecule has 0 saturated carbocycles. The fourth-order valence-corrected chi connectivity index (χ4v) is 1.14. The number of rotatable bonds is 3. The van der Waals surface area contributed by atoms with Crippen LogP contribution in [-0.4, -0.2) is 21.6 Å². The van der Waals surface area contributed by atoms with E-state index >= 15 is 0 Å². The van der Waals surface area contributed by atoms with Crippen LogP contribution in [0.5, 0.6) is 0 Å². The molecule has 0 spiro atoms. The van der Waals surface area contributed by atoms with Crippen LogP contribution in [0.25, 0.3) is 0 Å². The average molecular weight is 196 g/mol. The normalized spacial score (nSPS) is 10.6. The Hall–Kier alpha value is -1.32. The molecule has 14 heavy (non-hydrogen) atoms. The van der Waals surface area contributed by atoms with Crippen molar-refractivity contribution in [3.63, 3.8) is 0 Å². The lowest BCUT2D eigenvalue weighted by molar-refractivity contribution is -0.148. The van der Waals surface area contributed by atoms with Crippen LogP contribution in [0.2, 0.25) is 0 Å². The molecule has 0 aliphatic heterocycles. The van der Waals surface area contributed by atoms with E-state index in [4.69, 9.17) is 4.74 Å². The molecule has 1 heterocycles. The highest BCUT2D eigenvalue weighted by Crippen LogP contribution is 2.04. The molecule has 0 radical (unpaired) electrons. The second-order valence-electron chi connectivity index (χ2n) is 3.58. The van der Waals surface area contributed by atoms with Crippen molar-refractivity contribution in [2.24, 2.45) is 0 Å². The number of hydrogen-bond acceptors (Lipinski definition) is 3. The molecule has 0 saturated heterocycles. The van der Waals surface area contributed by atoms with Crippen molar-refractivity contribution in [1.82, 2.24) is 9.55 Å². The Labute approximate surface area is 83.9 Å². The average Bonchev–Trinajstić information content (AvgIpc) is 2.34. The predicted molar refractivity (Wildman–Crippen MR) is 52.9 cm³/mol. The molecule has 4 nitrogen and oxygen atoms in total. The third kappa shape index (κ3) is 2.58. The minimum absolute atomic E-state index is 0.0626. The fraction of sp³-hybridized carbons (Fsp3) is 0.600. The number of aryl methyl sites for hydroxylation is 1. The van der Waals surface area contributed by atoms with Crippen molar-refractivity contribution in [3.05, 3.63) is 17.7 Å². The van der Waals surface area contributed by atoms with Crippen LogP contribution in [0, 0.1) is 13.8 Å². The molecule has 0 N–H and O–H groups in total. The topological polar surface area (TPSA) is 44.1 Å². The summed E-state index contributed by atoms with van der Waals surface area (Å²) < 4.78 is 6.82. The Morgan fingerprint density at radius 1 is 1.57 bits per heavy atom. The molecule has 78 valence electrons. The van der Waals surface area contributed by atoms with Gasteiger partial charge in [0.1, 0.15) is 6.54 Å². The number of imidazole rings is 1. The van der Waals surface area contributed by atoms with E-state index in [0.29, 0.717) is 0 Å². The molecule has 0 aliphatic carbocycles. The van der Waals surface area contributed by atoms with Crippen LogP contribution >= 0.6 is 0 Å². The van der Waals surface area contributed by atoms with Crippen molar-refractivity contribution in [2.75, 3.05) is 0 Å². The lowest BCUT2D eigenvalue weighted by Crippen LogP contribution is -2.17. The number of carbonyl (C=O) groups is 1. The largest absolute Gasteiger partial charge is 0.462 e. The first-order valence-corrected chi connectivity index (χ1v) is 4.68. The Balaban J connectivity index is 2.61. The highest BCUT2D eigenvalue weighted by molar-refractivity contribution is 5.69. The van der Waals surface area contributed by atoms with E-state index in [9.17, 15) is 4.79 Å². The second kappa shape index (κ2) is 4.26. The molecule has 0 bridgehead atoms. The lowest BCUT2D eigenvalue weighted by Gasteiger charge is -2.09. The summed E-state index contributed by atoms with van der Waals surface area (Å²) in [5.41, 5.74) is 1.95. The first-order chi connectivity index (χ1) is 6.50. The third-order valence-electron chi connectivity index (χ3n) is 2.01. The van der Waals surface area contributed by atoms with Gasteiger partial charge in [0.15, 0.2) is 0 Å². The molecule has 0 atom stereocenters. The third-order valence-corrected chi connectivity index (χ3v) is 2.01. The zero-order chi connectivity index (χ0) is 10.7. The van der Waals surface area contributed by atoms with Crippen LogP contribution in [0.3, 0.4) is 0 Å². The van der Waals surface area contributed by atoms with E-state index < -0.39 is 0 Å². The van der Waals surface area contributed by atoms with Crippen LogP contribution in [0.4, 0.5) is 0 Å². The molecule has 0 aliphatic rings. The minimum atomic E-state index is -0.222. The van der Waals surface area contributed by atoms with Gasteiger partial charge < -0.3 is 9.30 Å². The smallest absolute Gasteiger partial charge is 0.326 e. The van der Waals surface area contributed by atoms with Crippen LogP contribution in [0.1, 0.15) is 25.2 Å². The Bertz CT molecular complexity index is 329. The maximum Gasteiger partial charge on any atom is 0.326 e. The van der Waals surface area contributed by atoms with E-state index in [2.05, 4.69) is 4.98 Å². The van der Waals surface area contributed by atoms with Crippen molar-refractivity contribution in [2.45, 2.75) is 40.3 Å². The van der Waals surface area contributed by atoms with Gasteiger partial charge in [-0.2, -0.15) is 0 Å². The SMILES string of the molecule is Cc1ncn(CC(=O)OC(C)C)c1C. The zero-order valence-corrected chi connectivity index (χ0v) is 9.07. The summed E-state index contributed by atoms with van der Waals surface area (Å²) >= 11 is 0. The summed E-state index contributed by atoms with van der Waals surface area (Å²) in [6, 6.07) is 0. The van der Waals surface area contributed by atoms with Gasteiger partial charge in [-0.15, -0.1) is 0 Å². The molecule has 0 fully saturated rings. The second-order valence-corrected chi connectivity index (χ2v) is 3.58. The van der Waals surface area contributed by atoms with E-state index in [1.54, 1.807) is 10.9 Å². The maximum atomic E-state index is 11.3. The maximum absolute atomic E-state index is 11.3. The van der Waals surface area contributed by atoms with E-state index in [1.807, 2.05) is 27.7 Å². The minimum Gasteiger partial charge on any atom is -0.462 e. The van der Waals surface area contributed by atoms with Gasteiger partial charge in [0.25, 0.3) is 0 Å². The van der Waals surface area contributed by atoms with E-state index in [0.717, 1.165) is 11.4 Å². The molecule has 1 aromatic heterocycles. The zero-order valence-electron chi connectivity index (χ0n) is 9.07. The lowest BCUT2D eigenvalue weighted by atomic mass is 10.4. The Morgan fingerprint density at radius 3 is 2.64 bits per heavy atom. The number of aromatic nitrogens is 2. The van der Waals surface area contributed by atoms with Crippen LogP contribution in [0.15, 0.2) is 6.33 Å². The predicted octanol–water partition coefficient (Wildman–Crippen LogP) is 1.45. The summed E-state index contributed by atoms with van der Waals surface area (Å²) in [6.07, 6.45) is 1.60. The quantitative estimate of drug-likeness (QED) is 0.687. The van der Waals surface area contributed by atoms with Crippen molar-refractivity contribution >= 4 is 5.97 Å². The standard InChI is InChI=1S/C10H16N2O2/c1-7(2)14-10(13)5-12-6-11-8(3)9(12)4/h6-7H,5H2,1-4H3. The number of carbonyl (C=O) groups excluding carboxylic acids is 1. The molecule has 0 aromatic carbocycles. The van der Waals surface area contributed by atoms with Gasteiger partial charge in [0.2, 0.25) is 0 Å². The van der Waals surface area contributed by atoms with Gasteiger partial charge in [0, 0.05) is 5.69 Å².